The zero-order valence-electron chi connectivity index (χ0n) is 18.5. The van der Waals surface area contributed by atoms with E-state index >= 15 is 0 Å². The van der Waals surface area contributed by atoms with E-state index < -0.39 is 21.7 Å². The number of hydrogen-bond donors (Lipinski definition) is 1. The number of nitrogens with zero attached hydrogens (tertiary/aromatic N) is 3. The summed E-state index contributed by atoms with van der Waals surface area (Å²) in [6, 6.07) is 4.55. The first-order valence-electron chi connectivity index (χ1n) is 10.1. The van der Waals surface area contributed by atoms with Crippen molar-refractivity contribution in [1.29, 1.82) is 0 Å². The highest BCUT2D eigenvalue weighted by molar-refractivity contribution is 7.89. The number of carbonyl (C=O) groups excluding carboxylic acids is 2. The molecule has 1 unspecified atom stereocenters. The molecule has 1 aromatic heterocycles. The Labute approximate surface area is 192 Å². The highest BCUT2D eigenvalue weighted by Gasteiger charge is 2.34. The Morgan fingerprint density at radius 2 is 2.03 bits per heavy atom. The lowest BCUT2D eigenvalue weighted by Gasteiger charge is -2.24. The van der Waals surface area contributed by atoms with Gasteiger partial charge in [0.2, 0.25) is 15.9 Å². The predicted molar refractivity (Wildman–Crippen MR) is 121 cm³/mol. The quantitative estimate of drug-likeness (QED) is 0.701. The van der Waals surface area contributed by atoms with Crippen molar-refractivity contribution < 1.29 is 22.7 Å². The van der Waals surface area contributed by atoms with E-state index in [2.05, 4.69) is 10.3 Å². The zero-order valence-corrected chi connectivity index (χ0v) is 20.0. The summed E-state index contributed by atoms with van der Waals surface area (Å²) in [6.45, 7) is 5.42. The molecule has 9 nitrogen and oxygen atoms in total. The van der Waals surface area contributed by atoms with Crippen LogP contribution < -0.4 is 5.32 Å². The molecule has 174 valence electrons. The van der Waals surface area contributed by atoms with Gasteiger partial charge >= 0.3 is 6.09 Å². The van der Waals surface area contributed by atoms with Crippen molar-refractivity contribution in [1.82, 2.24) is 19.5 Å². The third-order valence-electron chi connectivity index (χ3n) is 4.92. The maximum atomic E-state index is 13.3. The van der Waals surface area contributed by atoms with E-state index in [9.17, 15) is 18.0 Å². The molecule has 1 aliphatic rings. The average molecular weight is 483 g/mol. The molecule has 1 saturated heterocycles. The van der Waals surface area contributed by atoms with Crippen LogP contribution in [-0.2, 0) is 19.6 Å². The molecule has 32 heavy (non-hydrogen) atoms. The van der Waals surface area contributed by atoms with Crippen molar-refractivity contribution in [3.8, 4) is 0 Å². The lowest BCUT2D eigenvalue weighted by molar-refractivity contribution is -0.122. The van der Waals surface area contributed by atoms with Crippen molar-refractivity contribution in [3.05, 3.63) is 35.6 Å². The van der Waals surface area contributed by atoms with Crippen LogP contribution in [0.25, 0.3) is 10.8 Å². The number of fused-ring (bicyclic) bond motifs is 1. The topological polar surface area (TPSA) is 109 Å². The van der Waals surface area contributed by atoms with Crippen molar-refractivity contribution >= 4 is 44.4 Å². The minimum absolute atomic E-state index is 0.110. The van der Waals surface area contributed by atoms with Crippen LogP contribution in [0.4, 0.5) is 4.79 Å². The largest absolute Gasteiger partial charge is 0.444 e. The van der Waals surface area contributed by atoms with Crippen LogP contribution in [0.2, 0.25) is 5.02 Å². The van der Waals surface area contributed by atoms with Crippen LogP contribution in [0, 0.1) is 0 Å². The Balaban J connectivity index is 1.66. The number of pyridine rings is 1. The van der Waals surface area contributed by atoms with E-state index in [1.165, 1.54) is 28.5 Å². The predicted octanol–water partition coefficient (Wildman–Crippen LogP) is 2.63. The summed E-state index contributed by atoms with van der Waals surface area (Å²) in [7, 11) is -2.36. The van der Waals surface area contributed by atoms with Gasteiger partial charge in [-0.15, -0.1) is 0 Å². The first kappa shape index (κ1) is 24.2. The molecule has 1 N–H and O–H groups in total. The second-order valence-electron chi connectivity index (χ2n) is 8.73. The summed E-state index contributed by atoms with van der Waals surface area (Å²) in [5.74, 6) is -0.387. The molecular weight excluding hydrogens is 456 g/mol. The number of rotatable bonds is 5. The van der Waals surface area contributed by atoms with Crippen LogP contribution >= 0.6 is 11.6 Å². The number of halogens is 1. The number of ether oxygens (including phenoxy) is 1. The third kappa shape index (κ3) is 5.48. The Morgan fingerprint density at radius 3 is 2.72 bits per heavy atom. The van der Waals surface area contributed by atoms with Gasteiger partial charge in [-0.3, -0.25) is 9.78 Å². The van der Waals surface area contributed by atoms with Gasteiger partial charge in [-0.1, -0.05) is 23.7 Å². The summed E-state index contributed by atoms with van der Waals surface area (Å²) in [5.41, 5.74) is -0.664. The molecule has 1 aromatic carbocycles. The SMILES string of the molecule is CN(CC(=O)NC1CCN(S(=O)(=O)c2cccc3cncc(Cl)c23)C1)C(=O)OC(C)(C)C. The van der Waals surface area contributed by atoms with Gasteiger partial charge in [0, 0.05) is 49.3 Å². The Bertz CT molecular complexity index is 1130. The number of aromatic nitrogens is 1. The monoisotopic (exact) mass is 482 g/mol. The minimum Gasteiger partial charge on any atom is -0.444 e. The Hall–Kier alpha value is -2.43. The standard InChI is InChI=1S/C21H27ClN4O5S/c1-21(2,3)31-20(28)25(4)13-18(27)24-15-8-9-26(12-15)32(29,30)17-7-5-6-14-10-23-11-16(22)19(14)17/h5-7,10-11,15H,8-9,12-13H2,1-4H3,(H,24,27). The van der Waals surface area contributed by atoms with Gasteiger partial charge in [-0.25, -0.2) is 13.2 Å². The van der Waals surface area contributed by atoms with Gasteiger partial charge in [0.15, 0.2) is 0 Å². The van der Waals surface area contributed by atoms with E-state index in [0.29, 0.717) is 17.2 Å². The van der Waals surface area contributed by atoms with Crippen LogP contribution in [0.5, 0.6) is 0 Å². The summed E-state index contributed by atoms with van der Waals surface area (Å²) in [5, 5.41) is 4.12. The van der Waals surface area contributed by atoms with E-state index in [0.717, 1.165) is 0 Å². The molecule has 0 saturated carbocycles. The molecule has 3 rings (SSSR count). The molecule has 0 bridgehead atoms. The second kappa shape index (κ2) is 9.21. The van der Waals surface area contributed by atoms with Crippen molar-refractivity contribution in [2.75, 3.05) is 26.7 Å². The summed E-state index contributed by atoms with van der Waals surface area (Å²) in [4.78, 5) is 29.7. The highest BCUT2D eigenvalue weighted by Crippen LogP contribution is 2.32. The summed E-state index contributed by atoms with van der Waals surface area (Å²) < 4.78 is 33.2. The molecule has 0 aliphatic carbocycles. The van der Waals surface area contributed by atoms with Gasteiger partial charge < -0.3 is 15.0 Å². The van der Waals surface area contributed by atoms with Crippen molar-refractivity contribution in [3.63, 3.8) is 0 Å². The van der Waals surface area contributed by atoms with Crippen LogP contribution in [0.3, 0.4) is 0 Å². The molecule has 2 aromatic rings. The second-order valence-corrected chi connectivity index (χ2v) is 11.0. The minimum atomic E-state index is -3.83. The lowest BCUT2D eigenvalue weighted by atomic mass is 10.2. The Morgan fingerprint density at radius 1 is 1.31 bits per heavy atom. The fraction of sp³-hybridized carbons (Fsp3) is 0.476. The fourth-order valence-electron chi connectivity index (χ4n) is 3.47. The van der Waals surface area contributed by atoms with Crippen molar-refractivity contribution in [2.45, 2.75) is 43.7 Å². The van der Waals surface area contributed by atoms with Crippen molar-refractivity contribution in [2.24, 2.45) is 0 Å². The van der Waals surface area contributed by atoms with Gasteiger partial charge in [-0.2, -0.15) is 4.31 Å². The summed E-state index contributed by atoms with van der Waals surface area (Å²) >= 11 is 6.24. The maximum absolute atomic E-state index is 13.3. The normalized spacial score (nSPS) is 17.3. The molecular formula is C21H27ClN4O5S. The smallest absolute Gasteiger partial charge is 0.410 e. The molecule has 0 spiro atoms. The highest BCUT2D eigenvalue weighted by atomic mass is 35.5. The first-order valence-corrected chi connectivity index (χ1v) is 12.0. The van der Waals surface area contributed by atoms with E-state index in [1.54, 1.807) is 39.1 Å². The fourth-order valence-corrected chi connectivity index (χ4v) is 5.53. The van der Waals surface area contributed by atoms with E-state index in [1.807, 2.05) is 0 Å². The molecule has 0 radical (unpaired) electrons. The molecule has 2 amide bonds. The number of amides is 2. The van der Waals surface area contributed by atoms with Gasteiger partial charge in [0.25, 0.3) is 0 Å². The number of benzene rings is 1. The molecule has 1 atom stereocenters. The lowest BCUT2D eigenvalue weighted by Crippen LogP contribution is -2.45. The van der Waals surface area contributed by atoms with E-state index in [4.69, 9.17) is 16.3 Å². The summed E-state index contributed by atoms with van der Waals surface area (Å²) in [6.07, 6.45) is 2.83. The van der Waals surface area contributed by atoms with Crippen LogP contribution in [-0.4, -0.2) is 72.9 Å². The number of likely N-dealkylation sites (N-methyl/N-ethyl adjacent to an activating group) is 1. The third-order valence-corrected chi connectivity index (χ3v) is 7.11. The number of sulfonamides is 1. The van der Waals surface area contributed by atoms with Gasteiger partial charge in [0.1, 0.15) is 12.1 Å². The molecule has 1 fully saturated rings. The Kier molecular flexibility index (Phi) is 6.97. The zero-order chi connectivity index (χ0) is 23.7. The average Bonchev–Trinajstić information content (AvgIpc) is 3.15. The number of carbonyl (C=O) groups is 2. The van der Waals surface area contributed by atoms with Gasteiger partial charge in [-0.05, 0) is 33.3 Å². The first-order chi connectivity index (χ1) is 14.9. The number of hydrogen-bond acceptors (Lipinski definition) is 6. The van der Waals surface area contributed by atoms with Crippen LogP contribution in [0.1, 0.15) is 27.2 Å². The van der Waals surface area contributed by atoms with Gasteiger partial charge in [0.05, 0.1) is 9.92 Å². The maximum Gasteiger partial charge on any atom is 0.410 e. The number of nitrogens with one attached hydrogen (secondary N) is 1. The molecule has 11 heteroatoms. The molecule has 2 heterocycles. The van der Waals surface area contributed by atoms with Crippen LogP contribution in [0.15, 0.2) is 35.5 Å². The molecule has 1 aliphatic heterocycles. The van der Waals surface area contributed by atoms with E-state index in [-0.39, 0.29) is 41.5 Å².